The van der Waals surface area contributed by atoms with Crippen LogP contribution in [0.3, 0.4) is 0 Å². The highest BCUT2D eigenvalue weighted by molar-refractivity contribution is 5.69. The maximum atomic E-state index is 11.1. The molecule has 0 bridgehead atoms. The van der Waals surface area contributed by atoms with Crippen molar-refractivity contribution in [3.8, 4) is 0 Å². The van der Waals surface area contributed by atoms with E-state index in [0.717, 1.165) is 51.4 Å². The fraction of sp³-hybridized carbons (Fsp3) is 0.800. The molecular formula is C15H28O3. The van der Waals surface area contributed by atoms with Gasteiger partial charge >= 0.3 is 5.97 Å². The summed E-state index contributed by atoms with van der Waals surface area (Å²) in [5, 5.41) is 9.54. The van der Waals surface area contributed by atoms with E-state index in [1.54, 1.807) is 6.08 Å². The lowest BCUT2D eigenvalue weighted by Crippen LogP contribution is -2.05. The smallest absolute Gasteiger partial charge is 0.306 e. The molecule has 3 heteroatoms. The summed E-state index contributed by atoms with van der Waals surface area (Å²) < 4.78 is 4.89. The van der Waals surface area contributed by atoms with E-state index in [9.17, 15) is 9.90 Å². The normalized spacial score (nSPS) is 12.1. The minimum Gasteiger partial charge on any atom is -0.461 e. The Labute approximate surface area is 111 Å². The fourth-order valence-corrected chi connectivity index (χ4v) is 1.88. The zero-order valence-electron chi connectivity index (χ0n) is 11.7. The van der Waals surface area contributed by atoms with E-state index in [2.05, 4.69) is 13.5 Å². The second-order valence-electron chi connectivity index (χ2n) is 4.72. The Balaban J connectivity index is 3.20. The molecule has 106 valence electrons. The molecule has 0 unspecified atom stereocenters. The molecular weight excluding hydrogens is 228 g/mol. The molecule has 0 aromatic carbocycles. The predicted molar refractivity (Wildman–Crippen MR) is 74.4 cm³/mol. The van der Waals surface area contributed by atoms with Gasteiger partial charge in [0.2, 0.25) is 0 Å². The summed E-state index contributed by atoms with van der Waals surface area (Å²) in [6, 6.07) is 0. The molecule has 3 nitrogen and oxygen atoms in total. The van der Waals surface area contributed by atoms with Crippen LogP contribution in [0.5, 0.6) is 0 Å². The van der Waals surface area contributed by atoms with E-state index in [0.29, 0.717) is 13.0 Å². The van der Waals surface area contributed by atoms with Crippen molar-refractivity contribution < 1.29 is 14.6 Å². The van der Waals surface area contributed by atoms with Crippen molar-refractivity contribution in [2.45, 2.75) is 70.8 Å². The standard InChI is InChI=1S/C15H28O3/c1-3-10-14(16)11-8-6-5-7-9-12-15(17)18-13-4-2/h4,14,16H,2-3,5-13H2,1H3/t14-/m1/s1. The number of unbranched alkanes of at least 4 members (excludes halogenated alkanes) is 4. The van der Waals surface area contributed by atoms with Gasteiger partial charge in [0.05, 0.1) is 6.10 Å². The van der Waals surface area contributed by atoms with Crippen LogP contribution < -0.4 is 0 Å². The number of aliphatic hydroxyl groups is 1. The molecule has 0 radical (unpaired) electrons. The van der Waals surface area contributed by atoms with Gasteiger partial charge in [-0.15, -0.1) is 0 Å². The second kappa shape index (κ2) is 12.6. The van der Waals surface area contributed by atoms with Gasteiger partial charge in [0.25, 0.3) is 0 Å². The van der Waals surface area contributed by atoms with Gasteiger partial charge in [0.1, 0.15) is 6.61 Å². The number of carbonyl (C=O) groups is 1. The Morgan fingerprint density at radius 1 is 1.22 bits per heavy atom. The molecule has 0 aromatic heterocycles. The zero-order chi connectivity index (χ0) is 13.6. The summed E-state index contributed by atoms with van der Waals surface area (Å²) in [6.07, 6.45) is 10.2. The van der Waals surface area contributed by atoms with Gasteiger partial charge < -0.3 is 9.84 Å². The molecule has 0 saturated carbocycles. The first kappa shape index (κ1) is 17.2. The quantitative estimate of drug-likeness (QED) is 0.329. The summed E-state index contributed by atoms with van der Waals surface area (Å²) >= 11 is 0. The Hall–Kier alpha value is -0.830. The van der Waals surface area contributed by atoms with Crippen molar-refractivity contribution >= 4 is 5.97 Å². The molecule has 0 aliphatic carbocycles. The van der Waals surface area contributed by atoms with Crippen LogP contribution in [0.2, 0.25) is 0 Å². The topological polar surface area (TPSA) is 46.5 Å². The average molecular weight is 256 g/mol. The molecule has 0 spiro atoms. The van der Waals surface area contributed by atoms with Crippen molar-refractivity contribution in [2.75, 3.05) is 6.61 Å². The lowest BCUT2D eigenvalue weighted by Gasteiger charge is -2.08. The van der Waals surface area contributed by atoms with E-state index < -0.39 is 0 Å². The van der Waals surface area contributed by atoms with Crippen molar-refractivity contribution in [2.24, 2.45) is 0 Å². The lowest BCUT2D eigenvalue weighted by molar-refractivity contribution is -0.142. The van der Waals surface area contributed by atoms with Crippen LogP contribution in [0, 0.1) is 0 Å². The number of rotatable bonds is 12. The Bertz CT molecular complexity index is 214. The molecule has 1 atom stereocenters. The fourth-order valence-electron chi connectivity index (χ4n) is 1.88. The number of carbonyl (C=O) groups excluding carboxylic acids is 1. The van der Waals surface area contributed by atoms with Crippen molar-refractivity contribution in [3.05, 3.63) is 12.7 Å². The Morgan fingerprint density at radius 2 is 1.89 bits per heavy atom. The molecule has 0 heterocycles. The highest BCUT2D eigenvalue weighted by Gasteiger charge is 2.03. The van der Waals surface area contributed by atoms with Gasteiger partial charge in [-0.25, -0.2) is 0 Å². The van der Waals surface area contributed by atoms with Crippen molar-refractivity contribution in [1.82, 2.24) is 0 Å². The Morgan fingerprint density at radius 3 is 2.56 bits per heavy atom. The molecule has 1 N–H and O–H groups in total. The number of ether oxygens (including phenoxy) is 1. The van der Waals surface area contributed by atoms with Crippen LogP contribution in [-0.4, -0.2) is 23.8 Å². The molecule has 0 rings (SSSR count). The van der Waals surface area contributed by atoms with Gasteiger partial charge in [-0.3, -0.25) is 4.79 Å². The van der Waals surface area contributed by atoms with Gasteiger partial charge in [0.15, 0.2) is 0 Å². The molecule has 0 amide bonds. The number of esters is 1. The molecule has 0 saturated heterocycles. The highest BCUT2D eigenvalue weighted by Crippen LogP contribution is 2.11. The van der Waals surface area contributed by atoms with Crippen molar-refractivity contribution in [1.29, 1.82) is 0 Å². The molecule has 0 aliphatic heterocycles. The zero-order valence-corrected chi connectivity index (χ0v) is 11.7. The average Bonchev–Trinajstić information content (AvgIpc) is 2.35. The van der Waals surface area contributed by atoms with Crippen LogP contribution in [-0.2, 0) is 9.53 Å². The maximum absolute atomic E-state index is 11.1. The van der Waals surface area contributed by atoms with E-state index >= 15 is 0 Å². The SMILES string of the molecule is C=CCOC(=O)CCCCCCC[C@H](O)CCC. The maximum Gasteiger partial charge on any atom is 0.306 e. The monoisotopic (exact) mass is 256 g/mol. The summed E-state index contributed by atoms with van der Waals surface area (Å²) in [5.74, 6) is -0.131. The lowest BCUT2D eigenvalue weighted by atomic mass is 10.0. The molecule has 0 aromatic rings. The second-order valence-corrected chi connectivity index (χ2v) is 4.72. The van der Waals surface area contributed by atoms with Gasteiger partial charge in [-0.1, -0.05) is 51.7 Å². The largest absolute Gasteiger partial charge is 0.461 e. The van der Waals surface area contributed by atoms with E-state index in [-0.39, 0.29) is 12.1 Å². The van der Waals surface area contributed by atoms with Gasteiger partial charge in [-0.2, -0.15) is 0 Å². The summed E-state index contributed by atoms with van der Waals surface area (Å²) in [5.41, 5.74) is 0. The third kappa shape index (κ3) is 11.6. The van der Waals surface area contributed by atoms with E-state index in [4.69, 9.17) is 4.74 Å². The molecule has 0 fully saturated rings. The van der Waals surface area contributed by atoms with Crippen LogP contribution in [0.4, 0.5) is 0 Å². The van der Waals surface area contributed by atoms with Crippen LogP contribution in [0.1, 0.15) is 64.7 Å². The van der Waals surface area contributed by atoms with Crippen LogP contribution in [0.15, 0.2) is 12.7 Å². The van der Waals surface area contributed by atoms with Crippen LogP contribution in [0.25, 0.3) is 0 Å². The summed E-state index contributed by atoms with van der Waals surface area (Å²) in [7, 11) is 0. The highest BCUT2D eigenvalue weighted by atomic mass is 16.5. The predicted octanol–water partition coefficient (Wildman–Crippen LogP) is 3.61. The van der Waals surface area contributed by atoms with Gasteiger partial charge in [0, 0.05) is 6.42 Å². The first-order valence-corrected chi connectivity index (χ1v) is 7.15. The van der Waals surface area contributed by atoms with Crippen LogP contribution >= 0.6 is 0 Å². The van der Waals surface area contributed by atoms with Crippen molar-refractivity contribution in [3.63, 3.8) is 0 Å². The Kier molecular flexibility index (Phi) is 12.0. The number of hydrogen-bond acceptors (Lipinski definition) is 3. The third-order valence-electron chi connectivity index (χ3n) is 2.90. The summed E-state index contributed by atoms with van der Waals surface area (Å²) in [4.78, 5) is 11.1. The summed E-state index contributed by atoms with van der Waals surface area (Å²) in [6.45, 7) is 5.90. The van der Waals surface area contributed by atoms with E-state index in [1.807, 2.05) is 0 Å². The first-order chi connectivity index (χ1) is 8.70. The van der Waals surface area contributed by atoms with E-state index in [1.165, 1.54) is 0 Å². The minimum atomic E-state index is -0.131. The molecule has 0 aliphatic rings. The first-order valence-electron chi connectivity index (χ1n) is 7.15. The molecule has 18 heavy (non-hydrogen) atoms. The minimum absolute atomic E-state index is 0.121. The number of aliphatic hydroxyl groups excluding tert-OH is 1. The van der Waals surface area contributed by atoms with Gasteiger partial charge in [-0.05, 0) is 19.3 Å². The third-order valence-corrected chi connectivity index (χ3v) is 2.90. The number of hydrogen-bond donors (Lipinski definition) is 1.